The molecule has 8 heteroatoms. The van der Waals surface area contributed by atoms with E-state index in [0.29, 0.717) is 0 Å². The smallest absolute Gasteiger partial charge is 0.315 e. The van der Waals surface area contributed by atoms with Crippen LogP contribution in [0.25, 0.3) is 0 Å². The fourth-order valence-electron chi connectivity index (χ4n) is 1.70. The molecule has 0 heterocycles. The number of sulfonamides is 1. The van der Waals surface area contributed by atoms with E-state index in [0.717, 1.165) is 16.6 Å². The highest BCUT2D eigenvalue weighted by molar-refractivity contribution is 7.92. The van der Waals surface area contributed by atoms with Gasteiger partial charge in [0.1, 0.15) is 5.82 Å². The van der Waals surface area contributed by atoms with Crippen LogP contribution in [0.5, 0.6) is 0 Å². The monoisotopic (exact) mass is 317 g/mol. The normalized spacial score (nSPS) is 11.3. The quantitative estimate of drug-likeness (QED) is 0.830. The summed E-state index contributed by atoms with van der Waals surface area (Å²) in [5.41, 5.74) is 0.226. The summed E-state index contributed by atoms with van der Waals surface area (Å²) in [6.07, 6.45) is 1.03. The summed E-state index contributed by atoms with van der Waals surface area (Å²) < 4.78 is 37.8. The molecule has 0 fully saturated rings. The Labute approximate surface area is 124 Å². The molecule has 2 N–H and O–H groups in total. The maximum absolute atomic E-state index is 13.2. The van der Waals surface area contributed by atoms with E-state index in [9.17, 15) is 17.6 Å². The molecule has 0 aliphatic heterocycles. The van der Waals surface area contributed by atoms with Gasteiger partial charge in [-0.1, -0.05) is 6.07 Å². The molecule has 0 radical (unpaired) electrons. The first-order valence-corrected chi connectivity index (χ1v) is 8.32. The Balaban J connectivity index is 2.71. The van der Waals surface area contributed by atoms with Gasteiger partial charge in [0.2, 0.25) is 10.0 Å². The Morgan fingerprint density at radius 1 is 1.38 bits per heavy atom. The lowest BCUT2D eigenvalue weighted by atomic mass is 10.3. The van der Waals surface area contributed by atoms with E-state index < -0.39 is 15.8 Å². The van der Waals surface area contributed by atoms with Gasteiger partial charge in [0.15, 0.2) is 0 Å². The van der Waals surface area contributed by atoms with Gasteiger partial charge < -0.3 is 10.6 Å². The van der Waals surface area contributed by atoms with E-state index in [1.54, 1.807) is 0 Å². The van der Waals surface area contributed by atoms with Crippen LogP contribution in [-0.2, 0) is 10.0 Å². The Morgan fingerprint density at radius 3 is 2.57 bits per heavy atom. The second kappa shape index (κ2) is 7.26. The summed E-state index contributed by atoms with van der Waals surface area (Å²) in [7, 11) is -3.56. The number of rotatable bonds is 6. The van der Waals surface area contributed by atoms with Gasteiger partial charge >= 0.3 is 6.03 Å². The fourth-order valence-corrected chi connectivity index (χ4v) is 2.62. The van der Waals surface area contributed by atoms with Crippen molar-refractivity contribution in [2.75, 3.05) is 23.7 Å². The molecule has 0 atom stereocenters. The molecular formula is C13H20FN3O3S. The summed E-state index contributed by atoms with van der Waals surface area (Å²) in [5.74, 6) is -0.522. The number of anilines is 1. The average molecular weight is 317 g/mol. The van der Waals surface area contributed by atoms with E-state index in [1.165, 1.54) is 18.2 Å². The Bertz CT molecular complexity index is 590. The van der Waals surface area contributed by atoms with Crippen LogP contribution in [0, 0.1) is 5.82 Å². The van der Waals surface area contributed by atoms with Crippen molar-refractivity contribution >= 4 is 21.7 Å². The molecule has 1 aromatic carbocycles. The van der Waals surface area contributed by atoms with E-state index >= 15 is 0 Å². The highest BCUT2D eigenvalue weighted by Crippen LogP contribution is 2.17. The summed E-state index contributed by atoms with van der Waals surface area (Å²) >= 11 is 0. The standard InChI is InChI=1S/C13H20FN3O3S/c1-10(2)16-13(18)15-7-8-17(21(3,19)20)12-6-4-5-11(14)9-12/h4-6,9-10H,7-8H2,1-3H3,(H2,15,16,18). The van der Waals surface area contributed by atoms with Gasteiger partial charge in [-0.3, -0.25) is 4.31 Å². The molecule has 1 aromatic rings. The van der Waals surface area contributed by atoms with Crippen molar-refractivity contribution in [1.29, 1.82) is 0 Å². The van der Waals surface area contributed by atoms with Gasteiger partial charge in [-0.15, -0.1) is 0 Å². The zero-order chi connectivity index (χ0) is 16.0. The van der Waals surface area contributed by atoms with Crippen LogP contribution in [0.15, 0.2) is 24.3 Å². The minimum Gasteiger partial charge on any atom is -0.336 e. The van der Waals surface area contributed by atoms with Crippen molar-refractivity contribution in [3.8, 4) is 0 Å². The Morgan fingerprint density at radius 2 is 2.05 bits per heavy atom. The van der Waals surface area contributed by atoms with Crippen LogP contribution in [-0.4, -0.2) is 39.8 Å². The molecule has 0 aromatic heterocycles. The molecule has 0 spiro atoms. The predicted molar refractivity (Wildman–Crippen MR) is 80.3 cm³/mol. The largest absolute Gasteiger partial charge is 0.336 e. The number of hydrogen-bond acceptors (Lipinski definition) is 3. The number of urea groups is 1. The lowest BCUT2D eigenvalue weighted by Gasteiger charge is -2.22. The third-order valence-corrected chi connectivity index (χ3v) is 3.71. The number of amides is 2. The van der Waals surface area contributed by atoms with Crippen LogP contribution >= 0.6 is 0 Å². The minimum atomic E-state index is -3.56. The number of carbonyl (C=O) groups excluding carboxylic acids is 1. The van der Waals surface area contributed by atoms with E-state index in [1.807, 2.05) is 13.8 Å². The van der Waals surface area contributed by atoms with E-state index in [-0.39, 0.29) is 30.8 Å². The van der Waals surface area contributed by atoms with E-state index in [2.05, 4.69) is 10.6 Å². The third-order valence-electron chi connectivity index (χ3n) is 2.52. The van der Waals surface area contributed by atoms with Gasteiger partial charge in [0, 0.05) is 12.6 Å². The maximum Gasteiger partial charge on any atom is 0.315 e. The van der Waals surface area contributed by atoms with Crippen LogP contribution in [0.2, 0.25) is 0 Å². The van der Waals surface area contributed by atoms with Crippen molar-refractivity contribution in [3.63, 3.8) is 0 Å². The molecule has 118 valence electrons. The van der Waals surface area contributed by atoms with Crippen molar-refractivity contribution < 1.29 is 17.6 Å². The number of carbonyl (C=O) groups is 1. The number of benzene rings is 1. The fraction of sp³-hybridized carbons (Fsp3) is 0.462. The average Bonchev–Trinajstić information content (AvgIpc) is 2.32. The van der Waals surface area contributed by atoms with Crippen LogP contribution < -0.4 is 14.9 Å². The maximum atomic E-state index is 13.2. The van der Waals surface area contributed by atoms with Crippen molar-refractivity contribution in [1.82, 2.24) is 10.6 Å². The van der Waals surface area contributed by atoms with Crippen molar-refractivity contribution in [2.24, 2.45) is 0 Å². The highest BCUT2D eigenvalue weighted by Gasteiger charge is 2.17. The zero-order valence-corrected chi connectivity index (χ0v) is 13.1. The molecule has 6 nitrogen and oxygen atoms in total. The molecule has 0 aliphatic carbocycles. The summed E-state index contributed by atoms with van der Waals surface area (Å²) in [6.45, 7) is 3.76. The molecule has 0 saturated carbocycles. The van der Waals surface area contributed by atoms with Crippen LogP contribution in [0.1, 0.15) is 13.8 Å². The first kappa shape index (κ1) is 17.2. The Kier molecular flexibility index (Phi) is 5.95. The lowest BCUT2D eigenvalue weighted by Crippen LogP contribution is -2.43. The second-order valence-corrected chi connectivity index (χ2v) is 6.78. The SMILES string of the molecule is CC(C)NC(=O)NCCN(c1cccc(F)c1)S(C)(=O)=O. The zero-order valence-electron chi connectivity index (χ0n) is 12.3. The summed E-state index contributed by atoms with van der Waals surface area (Å²) in [6, 6.07) is 4.91. The minimum absolute atomic E-state index is 0.0146. The summed E-state index contributed by atoms with van der Waals surface area (Å²) in [5, 5.41) is 5.18. The number of halogens is 1. The van der Waals surface area contributed by atoms with Gasteiger partial charge in [-0.2, -0.15) is 0 Å². The number of hydrogen-bond donors (Lipinski definition) is 2. The van der Waals surface area contributed by atoms with Crippen molar-refractivity contribution in [3.05, 3.63) is 30.1 Å². The van der Waals surface area contributed by atoms with Crippen LogP contribution in [0.3, 0.4) is 0 Å². The second-order valence-electron chi connectivity index (χ2n) is 4.87. The highest BCUT2D eigenvalue weighted by atomic mass is 32.2. The molecule has 0 unspecified atom stereocenters. The predicted octanol–water partition coefficient (Wildman–Crippen LogP) is 1.30. The van der Waals surface area contributed by atoms with Gasteiger partial charge in [-0.25, -0.2) is 17.6 Å². The molecule has 21 heavy (non-hydrogen) atoms. The topological polar surface area (TPSA) is 78.5 Å². The molecule has 0 saturated heterocycles. The Hall–Kier alpha value is -1.83. The first-order valence-electron chi connectivity index (χ1n) is 6.48. The molecule has 0 bridgehead atoms. The molecule has 2 amide bonds. The molecule has 0 aliphatic rings. The third kappa shape index (κ3) is 5.99. The number of nitrogens with zero attached hydrogens (tertiary/aromatic N) is 1. The number of nitrogens with one attached hydrogen (secondary N) is 2. The van der Waals surface area contributed by atoms with Crippen molar-refractivity contribution in [2.45, 2.75) is 19.9 Å². The van der Waals surface area contributed by atoms with Gasteiger partial charge in [0.05, 0.1) is 18.5 Å². The van der Waals surface area contributed by atoms with E-state index in [4.69, 9.17) is 0 Å². The lowest BCUT2D eigenvalue weighted by molar-refractivity contribution is 0.239. The molecule has 1 rings (SSSR count). The van der Waals surface area contributed by atoms with Gasteiger partial charge in [-0.05, 0) is 32.0 Å². The van der Waals surface area contributed by atoms with Gasteiger partial charge in [0.25, 0.3) is 0 Å². The molecular weight excluding hydrogens is 297 g/mol. The van der Waals surface area contributed by atoms with Crippen LogP contribution in [0.4, 0.5) is 14.9 Å². The summed E-state index contributed by atoms with van der Waals surface area (Å²) in [4.78, 5) is 11.4. The first-order chi connectivity index (χ1) is 9.70.